The maximum Gasteiger partial charge on any atom is 0.222 e. The van der Waals surface area contributed by atoms with E-state index in [1.807, 2.05) is 18.0 Å². The van der Waals surface area contributed by atoms with Gasteiger partial charge < -0.3 is 14.6 Å². The van der Waals surface area contributed by atoms with Crippen LogP contribution >= 0.6 is 0 Å². The van der Waals surface area contributed by atoms with Crippen molar-refractivity contribution in [3.63, 3.8) is 0 Å². The van der Waals surface area contributed by atoms with Crippen molar-refractivity contribution in [3.05, 3.63) is 35.8 Å². The Labute approximate surface area is 137 Å². The highest BCUT2D eigenvalue weighted by Crippen LogP contribution is 2.18. The predicted octanol–water partition coefficient (Wildman–Crippen LogP) is 2.38. The van der Waals surface area contributed by atoms with Crippen LogP contribution in [0.25, 0.3) is 5.65 Å². The monoisotopic (exact) mass is 314 g/mol. The summed E-state index contributed by atoms with van der Waals surface area (Å²) in [4.78, 5) is 18.4. The molecule has 1 fully saturated rings. The van der Waals surface area contributed by atoms with E-state index in [9.17, 15) is 4.79 Å². The second-order valence-electron chi connectivity index (χ2n) is 6.58. The number of pyridine rings is 1. The molecular formula is C18H26N4O. The molecule has 3 heterocycles. The average Bonchev–Trinajstić information content (AvgIpc) is 2.97. The molecule has 23 heavy (non-hydrogen) atoms. The number of aryl methyl sites for hydroxylation is 1. The number of likely N-dealkylation sites (tertiary alicyclic amines) is 1. The first-order valence-electron chi connectivity index (χ1n) is 8.53. The molecule has 0 bridgehead atoms. The molecule has 5 nitrogen and oxygen atoms in total. The molecule has 2 atom stereocenters. The van der Waals surface area contributed by atoms with E-state index in [1.165, 1.54) is 11.3 Å². The zero-order valence-corrected chi connectivity index (χ0v) is 14.2. The Bertz CT molecular complexity index is 693. The Kier molecular flexibility index (Phi) is 4.66. The van der Waals surface area contributed by atoms with Crippen LogP contribution in [0.4, 0.5) is 0 Å². The number of amides is 1. The number of hydrogen-bond donors (Lipinski definition) is 1. The Hall–Kier alpha value is -1.88. The molecule has 124 valence electrons. The summed E-state index contributed by atoms with van der Waals surface area (Å²) in [6.07, 6.45) is 5.64. The molecular weight excluding hydrogens is 288 g/mol. The van der Waals surface area contributed by atoms with Gasteiger partial charge in [0.2, 0.25) is 5.91 Å². The molecule has 3 rings (SSSR count). The van der Waals surface area contributed by atoms with E-state index in [4.69, 9.17) is 0 Å². The minimum atomic E-state index is 0.271. The quantitative estimate of drug-likeness (QED) is 0.942. The summed E-state index contributed by atoms with van der Waals surface area (Å²) in [6.45, 7) is 8.77. The Morgan fingerprint density at radius 3 is 3.04 bits per heavy atom. The largest absolute Gasteiger partial charge is 0.342 e. The first-order valence-corrected chi connectivity index (χ1v) is 8.53. The molecule has 1 aliphatic rings. The van der Waals surface area contributed by atoms with Crippen LogP contribution in [0.3, 0.4) is 0 Å². The van der Waals surface area contributed by atoms with Crippen molar-refractivity contribution in [1.29, 1.82) is 0 Å². The minimum absolute atomic E-state index is 0.271. The molecule has 2 aromatic heterocycles. The molecule has 0 aliphatic carbocycles. The topological polar surface area (TPSA) is 49.6 Å². The average molecular weight is 314 g/mol. The lowest BCUT2D eigenvalue weighted by Crippen LogP contribution is -2.49. The number of piperidine rings is 1. The molecule has 0 spiro atoms. The van der Waals surface area contributed by atoms with Gasteiger partial charge >= 0.3 is 0 Å². The molecule has 2 aromatic rings. The van der Waals surface area contributed by atoms with Crippen molar-refractivity contribution < 1.29 is 4.79 Å². The van der Waals surface area contributed by atoms with Gasteiger partial charge in [-0.3, -0.25) is 4.79 Å². The highest BCUT2D eigenvalue weighted by Gasteiger charge is 2.27. The van der Waals surface area contributed by atoms with Crippen molar-refractivity contribution in [2.45, 2.75) is 46.2 Å². The van der Waals surface area contributed by atoms with E-state index in [2.05, 4.69) is 46.9 Å². The zero-order valence-electron chi connectivity index (χ0n) is 14.2. The molecule has 0 unspecified atom stereocenters. The van der Waals surface area contributed by atoms with Crippen LogP contribution in [-0.2, 0) is 11.3 Å². The summed E-state index contributed by atoms with van der Waals surface area (Å²) >= 11 is 0. The van der Waals surface area contributed by atoms with Crippen LogP contribution in [0.5, 0.6) is 0 Å². The molecule has 0 saturated carbocycles. The number of carbonyl (C=O) groups is 1. The maximum absolute atomic E-state index is 11.8. The lowest BCUT2D eigenvalue weighted by molar-refractivity contribution is -0.132. The van der Waals surface area contributed by atoms with Crippen molar-refractivity contribution in [1.82, 2.24) is 19.6 Å². The third-order valence-electron chi connectivity index (χ3n) is 4.91. The van der Waals surface area contributed by atoms with Gasteiger partial charge in [0.1, 0.15) is 5.65 Å². The van der Waals surface area contributed by atoms with Crippen LogP contribution in [-0.4, -0.2) is 39.3 Å². The normalized spacial score (nSPS) is 21.8. The molecule has 1 saturated heterocycles. The van der Waals surface area contributed by atoms with Gasteiger partial charge in [-0.15, -0.1) is 0 Å². The Morgan fingerprint density at radius 2 is 2.30 bits per heavy atom. The number of fused-ring (bicyclic) bond motifs is 1. The third-order valence-corrected chi connectivity index (χ3v) is 4.91. The van der Waals surface area contributed by atoms with Crippen molar-refractivity contribution >= 4 is 11.6 Å². The second kappa shape index (κ2) is 6.71. The molecule has 0 radical (unpaired) electrons. The van der Waals surface area contributed by atoms with E-state index < -0.39 is 0 Å². The Balaban J connectivity index is 1.62. The number of hydrogen-bond acceptors (Lipinski definition) is 3. The number of rotatable bonds is 4. The minimum Gasteiger partial charge on any atom is -0.342 e. The van der Waals surface area contributed by atoms with E-state index in [1.54, 1.807) is 0 Å². The zero-order chi connectivity index (χ0) is 16.4. The van der Waals surface area contributed by atoms with Gasteiger partial charge in [-0.1, -0.05) is 19.9 Å². The fourth-order valence-corrected chi connectivity index (χ4v) is 3.47. The van der Waals surface area contributed by atoms with Crippen molar-refractivity contribution in [3.8, 4) is 0 Å². The van der Waals surface area contributed by atoms with Crippen LogP contribution < -0.4 is 5.32 Å². The lowest BCUT2D eigenvalue weighted by Gasteiger charge is -2.37. The summed E-state index contributed by atoms with van der Waals surface area (Å²) < 4.78 is 2.16. The molecule has 0 aromatic carbocycles. The first-order chi connectivity index (χ1) is 11.1. The molecule has 1 amide bonds. The lowest BCUT2D eigenvalue weighted by atomic mass is 9.93. The molecule has 1 N–H and O–H groups in total. The van der Waals surface area contributed by atoms with Gasteiger partial charge in [0.25, 0.3) is 0 Å². The van der Waals surface area contributed by atoms with Crippen molar-refractivity contribution in [2.24, 2.45) is 5.92 Å². The standard InChI is InChI=1S/C18H26N4O/c1-4-17(23)21-9-7-16(14(3)12-21)19-10-15-11-20-18-13(2)6-5-8-22(15)18/h5-6,8,11,14,16,19H,4,7,9-10,12H2,1-3H3/t14-,16+/m1/s1. The van der Waals surface area contributed by atoms with E-state index >= 15 is 0 Å². The summed E-state index contributed by atoms with van der Waals surface area (Å²) in [5.74, 6) is 0.743. The van der Waals surface area contributed by atoms with E-state index in [0.717, 1.165) is 31.7 Å². The Morgan fingerprint density at radius 1 is 1.48 bits per heavy atom. The van der Waals surface area contributed by atoms with Crippen molar-refractivity contribution in [2.75, 3.05) is 13.1 Å². The SMILES string of the molecule is CCC(=O)N1CC[C@H](NCc2cnc3c(C)cccn23)[C@H](C)C1. The van der Waals surface area contributed by atoms with Crippen LogP contribution in [0.15, 0.2) is 24.5 Å². The van der Waals surface area contributed by atoms with Gasteiger partial charge in [-0.05, 0) is 30.9 Å². The van der Waals surface area contributed by atoms with Gasteiger partial charge in [-0.2, -0.15) is 0 Å². The van der Waals surface area contributed by atoms with Gasteiger partial charge in [-0.25, -0.2) is 4.98 Å². The van der Waals surface area contributed by atoms with E-state index in [-0.39, 0.29) is 5.91 Å². The molecule has 5 heteroatoms. The number of imidazole rings is 1. The second-order valence-corrected chi connectivity index (χ2v) is 6.58. The van der Waals surface area contributed by atoms with E-state index in [0.29, 0.717) is 18.4 Å². The van der Waals surface area contributed by atoms with Gasteiger partial charge in [0, 0.05) is 38.3 Å². The van der Waals surface area contributed by atoms with Gasteiger partial charge in [0.05, 0.1) is 11.9 Å². The summed E-state index contributed by atoms with van der Waals surface area (Å²) in [7, 11) is 0. The first kappa shape index (κ1) is 16.0. The number of carbonyl (C=O) groups excluding carboxylic acids is 1. The highest BCUT2D eigenvalue weighted by molar-refractivity contribution is 5.75. The fourth-order valence-electron chi connectivity index (χ4n) is 3.47. The van der Waals surface area contributed by atoms with Crippen LogP contribution in [0.1, 0.15) is 37.9 Å². The van der Waals surface area contributed by atoms with Crippen LogP contribution in [0, 0.1) is 12.8 Å². The number of nitrogens with zero attached hydrogens (tertiary/aromatic N) is 3. The number of nitrogens with one attached hydrogen (secondary N) is 1. The summed E-state index contributed by atoms with van der Waals surface area (Å²) in [6, 6.07) is 4.60. The van der Waals surface area contributed by atoms with Crippen LogP contribution in [0.2, 0.25) is 0 Å². The molecule has 1 aliphatic heterocycles. The maximum atomic E-state index is 11.8. The third kappa shape index (κ3) is 3.24. The number of aromatic nitrogens is 2. The highest BCUT2D eigenvalue weighted by atomic mass is 16.2. The summed E-state index contributed by atoms with van der Waals surface area (Å²) in [5, 5.41) is 3.66. The summed E-state index contributed by atoms with van der Waals surface area (Å²) in [5.41, 5.74) is 3.40. The fraction of sp³-hybridized carbons (Fsp3) is 0.556. The predicted molar refractivity (Wildman–Crippen MR) is 91.2 cm³/mol. The van der Waals surface area contributed by atoms with Gasteiger partial charge in [0.15, 0.2) is 0 Å². The smallest absolute Gasteiger partial charge is 0.222 e.